The average Bonchev–Trinajstić information content (AvgIpc) is 2.70. The summed E-state index contributed by atoms with van der Waals surface area (Å²) in [6.07, 6.45) is 7.21. The SMILES string of the molecule is [CH2-]C1=CC=CC1.[CH2-]c1ccccc1N(C)C.[Ti+2]. The number of hydrogen-bond acceptors (Lipinski definition) is 1. The number of anilines is 1. The fourth-order valence-electron chi connectivity index (χ4n) is 1.44. The maximum absolute atomic E-state index is 3.90. The fraction of sp³-hybridized carbons (Fsp3) is 0.200. The summed E-state index contributed by atoms with van der Waals surface area (Å²) in [7, 11) is 4.04. The van der Waals surface area contributed by atoms with Crippen molar-refractivity contribution in [2.45, 2.75) is 6.42 Å². The van der Waals surface area contributed by atoms with Crippen molar-refractivity contribution < 1.29 is 21.7 Å². The molecule has 0 spiro atoms. The molecule has 88 valence electrons. The molecule has 0 N–H and O–H groups in total. The Balaban J connectivity index is 0.000000316. The van der Waals surface area contributed by atoms with E-state index in [-0.39, 0.29) is 21.7 Å². The number of allylic oxidation sites excluding steroid dienone is 4. The van der Waals surface area contributed by atoms with E-state index in [0.717, 1.165) is 12.0 Å². The van der Waals surface area contributed by atoms with Gasteiger partial charge in [-0.15, -0.1) is 18.2 Å². The van der Waals surface area contributed by atoms with E-state index >= 15 is 0 Å². The van der Waals surface area contributed by atoms with Crippen LogP contribution in [-0.4, -0.2) is 14.1 Å². The first-order valence-electron chi connectivity index (χ1n) is 5.37. The summed E-state index contributed by atoms with van der Waals surface area (Å²) >= 11 is 0. The third kappa shape index (κ3) is 5.72. The van der Waals surface area contributed by atoms with Crippen molar-refractivity contribution in [1.29, 1.82) is 0 Å². The molecule has 0 saturated heterocycles. The zero-order valence-electron chi connectivity index (χ0n) is 10.6. The minimum Gasteiger partial charge on any atom is -0.428 e. The van der Waals surface area contributed by atoms with Crippen molar-refractivity contribution >= 4 is 5.69 Å². The van der Waals surface area contributed by atoms with E-state index in [0.29, 0.717) is 0 Å². The van der Waals surface area contributed by atoms with Crippen LogP contribution in [0.5, 0.6) is 0 Å². The van der Waals surface area contributed by atoms with E-state index in [2.05, 4.69) is 30.9 Å². The first kappa shape index (κ1) is 16.0. The number of benzene rings is 1. The first-order valence-corrected chi connectivity index (χ1v) is 5.37. The third-order valence-corrected chi connectivity index (χ3v) is 2.32. The van der Waals surface area contributed by atoms with Gasteiger partial charge in [0.05, 0.1) is 0 Å². The Morgan fingerprint density at radius 1 is 1.12 bits per heavy atom. The molecule has 0 heterocycles. The van der Waals surface area contributed by atoms with Gasteiger partial charge >= 0.3 is 21.7 Å². The summed E-state index contributed by atoms with van der Waals surface area (Å²) in [5.41, 5.74) is 3.48. The van der Waals surface area contributed by atoms with Crippen LogP contribution in [0.4, 0.5) is 5.69 Å². The van der Waals surface area contributed by atoms with Crippen molar-refractivity contribution in [2.24, 2.45) is 0 Å². The first-order chi connectivity index (χ1) is 7.61. The Hall–Kier alpha value is -1.05. The Kier molecular flexibility index (Phi) is 7.61. The van der Waals surface area contributed by atoms with Gasteiger partial charge in [0.2, 0.25) is 0 Å². The van der Waals surface area contributed by atoms with Crippen molar-refractivity contribution in [3.63, 3.8) is 0 Å². The zero-order valence-corrected chi connectivity index (χ0v) is 12.2. The molecule has 1 nitrogen and oxygen atoms in total. The second-order valence-corrected chi connectivity index (χ2v) is 3.98. The van der Waals surface area contributed by atoms with Gasteiger partial charge in [-0.3, -0.25) is 0 Å². The molecular formula is C15H19NTi. The van der Waals surface area contributed by atoms with Crippen molar-refractivity contribution in [1.82, 2.24) is 0 Å². The van der Waals surface area contributed by atoms with Crippen LogP contribution in [0.25, 0.3) is 0 Å². The molecule has 1 aromatic carbocycles. The summed E-state index contributed by atoms with van der Waals surface area (Å²) in [6.45, 7) is 7.64. The van der Waals surface area contributed by atoms with Gasteiger partial charge in [0, 0.05) is 0 Å². The molecule has 1 aliphatic rings. The van der Waals surface area contributed by atoms with Crippen LogP contribution in [-0.2, 0) is 21.7 Å². The molecule has 0 aromatic heterocycles. The van der Waals surface area contributed by atoms with Gasteiger partial charge in [0.15, 0.2) is 0 Å². The molecule has 0 radical (unpaired) electrons. The Labute approximate surface area is 120 Å². The standard InChI is InChI=1S/C9H12N.C6H7.Ti/c1-8-6-4-5-7-9(8)10(2)3;1-6-4-2-3-5-6;/h4-7H,1H2,2-3H3;2-4H,1,5H2;/q2*-1;+2. The quantitative estimate of drug-likeness (QED) is 0.551. The smallest absolute Gasteiger partial charge is 0.428 e. The average molecular weight is 261 g/mol. The van der Waals surface area contributed by atoms with Crippen LogP contribution in [0.2, 0.25) is 0 Å². The van der Waals surface area contributed by atoms with Crippen LogP contribution < -0.4 is 4.90 Å². The molecule has 0 unspecified atom stereocenters. The molecule has 0 atom stereocenters. The van der Waals surface area contributed by atoms with Crippen LogP contribution in [0.1, 0.15) is 12.0 Å². The second kappa shape index (κ2) is 8.11. The van der Waals surface area contributed by atoms with Gasteiger partial charge in [0.1, 0.15) is 0 Å². The summed E-state index contributed by atoms with van der Waals surface area (Å²) in [5.74, 6) is 0. The number of nitrogens with zero attached hydrogens (tertiary/aromatic N) is 1. The molecule has 0 amide bonds. The van der Waals surface area contributed by atoms with E-state index in [1.165, 1.54) is 11.3 Å². The van der Waals surface area contributed by atoms with Gasteiger partial charge in [-0.05, 0) is 20.5 Å². The molecule has 17 heavy (non-hydrogen) atoms. The van der Waals surface area contributed by atoms with E-state index < -0.39 is 0 Å². The van der Waals surface area contributed by atoms with Crippen molar-refractivity contribution in [2.75, 3.05) is 19.0 Å². The normalized spacial score (nSPS) is 12.0. The monoisotopic (exact) mass is 261 g/mol. The summed E-state index contributed by atoms with van der Waals surface area (Å²) in [6, 6.07) is 8.08. The minimum absolute atomic E-state index is 0. The van der Waals surface area contributed by atoms with Gasteiger partial charge in [-0.1, -0.05) is 17.8 Å². The number of hydrogen-bond donors (Lipinski definition) is 0. The van der Waals surface area contributed by atoms with E-state index in [1.54, 1.807) is 0 Å². The molecule has 0 bridgehead atoms. The Morgan fingerprint density at radius 2 is 1.76 bits per heavy atom. The molecular weight excluding hydrogens is 242 g/mol. The molecule has 1 aromatic rings. The summed E-state index contributed by atoms with van der Waals surface area (Å²) in [4.78, 5) is 2.06. The maximum atomic E-state index is 3.90. The van der Waals surface area contributed by atoms with E-state index in [4.69, 9.17) is 0 Å². The van der Waals surface area contributed by atoms with Crippen molar-refractivity contribution in [3.8, 4) is 0 Å². The van der Waals surface area contributed by atoms with Gasteiger partial charge in [-0.2, -0.15) is 18.6 Å². The molecule has 0 aliphatic heterocycles. The predicted octanol–water partition coefficient (Wildman–Crippen LogP) is 3.64. The Bertz CT molecular complexity index is 392. The van der Waals surface area contributed by atoms with Crippen LogP contribution in [0, 0.1) is 13.8 Å². The zero-order chi connectivity index (χ0) is 12.0. The van der Waals surface area contributed by atoms with Gasteiger partial charge < -0.3 is 4.90 Å². The molecule has 0 saturated carbocycles. The van der Waals surface area contributed by atoms with Gasteiger partial charge in [0.25, 0.3) is 0 Å². The van der Waals surface area contributed by atoms with Crippen molar-refractivity contribution in [3.05, 3.63) is 67.5 Å². The van der Waals surface area contributed by atoms with Gasteiger partial charge in [-0.25, -0.2) is 18.6 Å². The molecule has 0 fully saturated rings. The van der Waals surface area contributed by atoms with Crippen LogP contribution >= 0.6 is 0 Å². The minimum atomic E-state index is 0. The fourth-order valence-corrected chi connectivity index (χ4v) is 1.44. The maximum Gasteiger partial charge on any atom is 2.00 e. The van der Waals surface area contributed by atoms with E-state index in [9.17, 15) is 0 Å². The Morgan fingerprint density at radius 3 is 2.06 bits per heavy atom. The molecule has 2 rings (SSSR count). The summed E-state index contributed by atoms with van der Waals surface area (Å²) in [5, 5.41) is 0. The second-order valence-electron chi connectivity index (χ2n) is 3.98. The third-order valence-electron chi connectivity index (χ3n) is 2.32. The number of rotatable bonds is 1. The van der Waals surface area contributed by atoms with Crippen LogP contribution in [0.3, 0.4) is 0 Å². The summed E-state index contributed by atoms with van der Waals surface area (Å²) < 4.78 is 0. The molecule has 1 aliphatic carbocycles. The van der Waals surface area contributed by atoms with E-state index in [1.807, 2.05) is 44.4 Å². The largest absolute Gasteiger partial charge is 2.00 e. The topological polar surface area (TPSA) is 3.24 Å². The van der Waals surface area contributed by atoms with Crippen LogP contribution in [0.15, 0.2) is 48.1 Å². The number of para-hydroxylation sites is 1. The molecule has 2 heteroatoms. The predicted molar refractivity (Wildman–Crippen MR) is 72.4 cm³/mol.